The number of hydrogen-bond donors (Lipinski definition) is 1. The van der Waals surface area contributed by atoms with E-state index < -0.39 is 5.60 Å². The van der Waals surface area contributed by atoms with Crippen molar-refractivity contribution in [2.45, 2.75) is 57.9 Å². The normalized spacial score (nSPS) is 23.2. The predicted octanol–water partition coefficient (Wildman–Crippen LogP) is 0.376. The van der Waals surface area contributed by atoms with Gasteiger partial charge in [0.2, 0.25) is 0 Å². The van der Waals surface area contributed by atoms with Crippen molar-refractivity contribution in [3.63, 3.8) is 0 Å². The number of hydrogen-bond acceptors (Lipinski definition) is 6. The van der Waals surface area contributed by atoms with E-state index in [0.29, 0.717) is 50.7 Å². The van der Waals surface area contributed by atoms with E-state index in [2.05, 4.69) is 32.1 Å². The molecule has 1 fully saturated rings. The summed E-state index contributed by atoms with van der Waals surface area (Å²) in [5.74, 6) is 1.53. The number of unbranched alkanes of at least 4 members (excludes halogenated alkanes) is 1. The largest absolute Gasteiger partial charge is 0.363 e. The number of amides is 2. The Morgan fingerprint density at radius 1 is 1.31 bits per heavy atom. The van der Waals surface area contributed by atoms with Gasteiger partial charge in [-0.3, -0.25) is 14.3 Å². The second-order valence-electron chi connectivity index (χ2n) is 8.06. The number of aromatic nitrogens is 5. The maximum atomic E-state index is 13.0. The lowest BCUT2D eigenvalue weighted by Gasteiger charge is -2.34. The molecule has 10 nitrogen and oxygen atoms in total. The highest BCUT2D eigenvalue weighted by Crippen LogP contribution is 2.33. The fourth-order valence-electron chi connectivity index (χ4n) is 4.40. The van der Waals surface area contributed by atoms with Gasteiger partial charge in [0.25, 0.3) is 11.8 Å². The second-order valence-corrected chi connectivity index (χ2v) is 8.06. The highest BCUT2D eigenvalue weighted by atomic mass is 16.5. The molecule has 3 aliphatic rings. The lowest BCUT2D eigenvalue weighted by Crippen LogP contribution is -2.45. The molecule has 2 amide bonds. The van der Waals surface area contributed by atoms with E-state index >= 15 is 0 Å². The minimum Gasteiger partial charge on any atom is -0.363 e. The van der Waals surface area contributed by atoms with Crippen molar-refractivity contribution in [1.82, 2.24) is 34.8 Å². The zero-order valence-corrected chi connectivity index (χ0v) is 16.6. The molecule has 1 saturated heterocycles. The molecule has 1 unspecified atom stereocenters. The molecule has 0 bridgehead atoms. The fraction of sp³-hybridized carbons (Fsp3) is 0.632. The molecule has 2 aromatic heterocycles. The zero-order valence-electron chi connectivity index (χ0n) is 16.6. The summed E-state index contributed by atoms with van der Waals surface area (Å²) in [7, 11) is 0. The van der Waals surface area contributed by atoms with Gasteiger partial charge in [-0.05, 0) is 12.8 Å². The van der Waals surface area contributed by atoms with Crippen molar-refractivity contribution >= 4 is 11.8 Å². The van der Waals surface area contributed by atoms with Crippen LogP contribution in [0.3, 0.4) is 0 Å². The van der Waals surface area contributed by atoms with E-state index in [9.17, 15) is 9.59 Å². The smallest absolute Gasteiger partial charge is 0.274 e. The van der Waals surface area contributed by atoms with Gasteiger partial charge < -0.3 is 19.5 Å². The summed E-state index contributed by atoms with van der Waals surface area (Å²) in [6, 6.07) is 1.59. The highest BCUT2D eigenvalue weighted by Gasteiger charge is 2.45. The highest BCUT2D eigenvalue weighted by molar-refractivity contribution is 5.98. The monoisotopic (exact) mass is 399 g/mol. The molecule has 0 saturated carbocycles. The van der Waals surface area contributed by atoms with Gasteiger partial charge in [0.15, 0.2) is 11.5 Å². The first-order valence-corrected chi connectivity index (χ1v) is 10.3. The molecule has 29 heavy (non-hydrogen) atoms. The number of ether oxygens (including phenoxy) is 1. The first-order valence-electron chi connectivity index (χ1n) is 10.3. The van der Waals surface area contributed by atoms with Crippen molar-refractivity contribution in [1.29, 1.82) is 0 Å². The third-order valence-electron chi connectivity index (χ3n) is 6.06. The lowest BCUT2D eigenvalue weighted by atomic mass is 10.0. The van der Waals surface area contributed by atoms with Crippen LogP contribution in [0.25, 0.3) is 0 Å². The fourth-order valence-corrected chi connectivity index (χ4v) is 4.40. The van der Waals surface area contributed by atoms with E-state index in [0.717, 1.165) is 37.3 Å². The number of rotatable bonds is 4. The summed E-state index contributed by atoms with van der Waals surface area (Å²) in [6.07, 6.45) is 3.86. The average Bonchev–Trinajstić information content (AvgIpc) is 3.44. The van der Waals surface area contributed by atoms with Gasteiger partial charge in [0, 0.05) is 25.6 Å². The molecule has 3 aliphatic heterocycles. The molecular formula is C19H25N7O3. The van der Waals surface area contributed by atoms with Crippen LogP contribution < -0.4 is 5.32 Å². The van der Waals surface area contributed by atoms with Crippen molar-refractivity contribution in [2.75, 3.05) is 19.6 Å². The summed E-state index contributed by atoms with van der Waals surface area (Å²) in [5.41, 5.74) is 0.346. The Bertz CT molecular complexity index is 965. The van der Waals surface area contributed by atoms with E-state index in [1.54, 1.807) is 15.6 Å². The van der Waals surface area contributed by atoms with Crippen LogP contribution in [0.15, 0.2) is 6.07 Å². The van der Waals surface area contributed by atoms with Gasteiger partial charge in [0.1, 0.15) is 23.7 Å². The number of nitrogens with zero attached hydrogens (tertiary/aromatic N) is 6. The van der Waals surface area contributed by atoms with E-state index in [1.807, 2.05) is 0 Å². The Kier molecular flexibility index (Phi) is 4.38. The van der Waals surface area contributed by atoms with Gasteiger partial charge in [-0.1, -0.05) is 13.3 Å². The summed E-state index contributed by atoms with van der Waals surface area (Å²) >= 11 is 0. The summed E-state index contributed by atoms with van der Waals surface area (Å²) in [5, 5.41) is 15.7. The Balaban J connectivity index is 1.32. The average molecular weight is 399 g/mol. The molecular weight excluding hydrogens is 374 g/mol. The second kappa shape index (κ2) is 6.94. The topological polar surface area (TPSA) is 107 Å². The molecule has 10 heteroatoms. The van der Waals surface area contributed by atoms with Crippen LogP contribution in [0, 0.1) is 0 Å². The van der Waals surface area contributed by atoms with Crippen LogP contribution in [-0.2, 0) is 30.9 Å². The molecule has 2 aromatic rings. The Morgan fingerprint density at radius 3 is 3.03 bits per heavy atom. The first-order chi connectivity index (χ1) is 14.1. The van der Waals surface area contributed by atoms with Crippen molar-refractivity contribution in [3.05, 3.63) is 29.1 Å². The summed E-state index contributed by atoms with van der Waals surface area (Å²) in [4.78, 5) is 26.8. The maximum absolute atomic E-state index is 13.0. The Morgan fingerprint density at radius 2 is 2.21 bits per heavy atom. The van der Waals surface area contributed by atoms with Crippen LogP contribution in [-0.4, -0.2) is 66.5 Å². The van der Waals surface area contributed by atoms with Crippen LogP contribution in [0.2, 0.25) is 0 Å². The van der Waals surface area contributed by atoms with Crippen LogP contribution in [0.5, 0.6) is 0 Å². The standard InChI is InChI=1S/C19H25N7O3/c1-2-3-4-15-21-22-16-10-29-19(12-25(15)16)5-7-24(11-19)18(28)13-9-14-17(27)20-6-8-26(14)23-13/h9H,2-8,10-12H2,1H3,(H,20,27). The molecule has 1 N–H and O–H groups in total. The van der Waals surface area contributed by atoms with Gasteiger partial charge in [0.05, 0.1) is 19.6 Å². The van der Waals surface area contributed by atoms with Crippen molar-refractivity contribution in [2.24, 2.45) is 0 Å². The van der Waals surface area contributed by atoms with Crippen LogP contribution >= 0.6 is 0 Å². The molecule has 154 valence electrons. The summed E-state index contributed by atoms with van der Waals surface area (Å²) in [6.45, 7) is 5.47. The van der Waals surface area contributed by atoms with Gasteiger partial charge >= 0.3 is 0 Å². The van der Waals surface area contributed by atoms with Crippen LogP contribution in [0.1, 0.15) is 58.8 Å². The molecule has 0 aromatic carbocycles. The molecule has 0 aliphatic carbocycles. The molecule has 5 rings (SSSR count). The number of fused-ring (bicyclic) bond motifs is 2. The number of carbonyl (C=O) groups excluding carboxylic acids is 2. The predicted molar refractivity (Wildman–Crippen MR) is 101 cm³/mol. The third kappa shape index (κ3) is 3.11. The number of likely N-dealkylation sites (tertiary alicyclic amines) is 1. The van der Waals surface area contributed by atoms with Crippen molar-refractivity contribution in [3.8, 4) is 0 Å². The minimum atomic E-state index is -0.414. The van der Waals surface area contributed by atoms with E-state index in [1.165, 1.54) is 0 Å². The number of carbonyl (C=O) groups is 2. The molecule has 1 spiro atoms. The van der Waals surface area contributed by atoms with E-state index in [4.69, 9.17) is 4.74 Å². The van der Waals surface area contributed by atoms with Gasteiger partial charge in [-0.25, -0.2) is 0 Å². The van der Waals surface area contributed by atoms with E-state index in [-0.39, 0.29) is 11.8 Å². The van der Waals surface area contributed by atoms with Crippen LogP contribution in [0.4, 0.5) is 0 Å². The van der Waals surface area contributed by atoms with Crippen molar-refractivity contribution < 1.29 is 14.3 Å². The summed E-state index contributed by atoms with van der Waals surface area (Å²) < 4.78 is 9.96. The Hall–Kier alpha value is -2.75. The minimum absolute atomic E-state index is 0.152. The third-order valence-corrected chi connectivity index (χ3v) is 6.06. The number of nitrogens with one attached hydrogen (secondary N) is 1. The quantitative estimate of drug-likeness (QED) is 0.796. The lowest BCUT2D eigenvalue weighted by molar-refractivity contribution is -0.0815. The molecule has 5 heterocycles. The van der Waals surface area contributed by atoms with Gasteiger partial charge in [-0.2, -0.15) is 5.10 Å². The maximum Gasteiger partial charge on any atom is 0.274 e. The zero-order chi connectivity index (χ0) is 20.0. The SMILES string of the molecule is CCCCc1nnc2n1CC1(CCN(C(=O)c3cc4n(n3)CCNC4=O)C1)OC2. The first kappa shape index (κ1) is 18.3. The molecule has 1 atom stereocenters. The Labute approximate surface area is 168 Å². The molecule has 0 radical (unpaired) electrons. The van der Waals surface area contributed by atoms with Gasteiger partial charge in [-0.15, -0.1) is 10.2 Å². The number of aryl methyl sites for hydroxylation is 1.